The molecule has 0 aliphatic heterocycles. The highest BCUT2D eigenvalue weighted by molar-refractivity contribution is 5.88. The van der Waals surface area contributed by atoms with Crippen LogP contribution >= 0.6 is 0 Å². The number of aliphatic hydroxyl groups is 1. The van der Waals surface area contributed by atoms with Crippen LogP contribution in [0.4, 0.5) is 0 Å². The SMILES string of the molecule is CN(C)CCOc1ccc(Cc2c(OCC(C)(C)O)ccc3ccccc23)cc1. The summed E-state index contributed by atoms with van der Waals surface area (Å²) in [5.41, 5.74) is 1.44. The molecule has 4 heteroatoms. The second kappa shape index (κ2) is 9.29. The van der Waals surface area contributed by atoms with Gasteiger partial charge in [-0.15, -0.1) is 0 Å². The van der Waals surface area contributed by atoms with Crippen molar-refractivity contribution in [2.24, 2.45) is 0 Å². The van der Waals surface area contributed by atoms with Crippen LogP contribution in [-0.4, -0.2) is 49.5 Å². The highest BCUT2D eigenvalue weighted by Crippen LogP contribution is 2.31. The molecule has 29 heavy (non-hydrogen) atoms. The van der Waals surface area contributed by atoms with Crippen molar-refractivity contribution in [2.45, 2.75) is 25.9 Å². The number of rotatable bonds is 9. The first-order valence-corrected chi connectivity index (χ1v) is 10.0. The first kappa shape index (κ1) is 21.2. The van der Waals surface area contributed by atoms with Crippen molar-refractivity contribution in [3.8, 4) is 11.5 Å². The molecule has 0 bridgehead atoms. The van der Waals surface area contributed by atoms with E-state index >= 15 is 0 Å². The van der Waals surface area contributed by atoms with Crippen molar-refractivity contribution >= 4 is 10.8 Å². The fourth-order valence-electron chi connectivity index (χ4n) is 3.14. The molecule has 154 valence electrons. The van der Waals surface area contributed by atoms with E-state index in [0.29, 0.717) is 6.61 Å². The lowest BCUT2D eigenvalue weighted by atomic mass is 9.97. The standard InChI is InChI=1S/C25H31NO3/c1-25(2,27)18-29-24-14-11-20-7-5-6-8-22(20)23(24)17-19-9-12-21(13-10-19)28-16-15-26(3)4/h5-14,27H,15-18H2,1-4H3. The summed E-state index contributed by atoms with van der Waals surface area (Å²) in [5, 5.41) is 12.4. The third-order valence-electron chi connectivity index (χ3n) is 4.69. The molecule has 1 N–H and O–H groups in total. The first-order chi connectivity index (χ1) is 13.8. The van der Waals surface area contributed by atoms with Crippen molar-refractivity contribution in [1.82, 2.24) is 4.90 Å². The largest absolute Gasteiger partial charge is 0.492 e. The van der Waals surface area contributed by atoms with Crippen molar-refractivity contribution in [2.75, 3.05) is 33.9 Å². The maximum atomic E-state index is 10.1. The fraction of sp³-hybridized carbons (Fsp3) is 0.360. The lowest BCUT2D eigenvalue weighted by molar-refractivity contribution is 0.0282. The van der Waals surface area contributed by atoms with Gasteiger partial charge in [0.25, 0.3) is 0 Å². The molecule has 3 rings (SSSR count). The normalized spacial score (nSPS) is 11.8. The molecule has 0 unspecified atom stereocenters. The Bertz CT molecular complexity index is 927. The lowest BCUT2D eigenvalue weighted by Crippen LogP contribution is -2.28. The smallest absolute Gasteiger partial charge is 0.123 e. The summed E-state index contributed by atoms with van der Waals surface area (Å²) in [6.45, 7) is 5.31. The number of nitrogens with zero attached hydrogens (tertiary/aromatic N) is 1. The Morgan fingerprint density at radius 2 is 1.62 bits per heavy atom. The minimum absolute atomic E-state index is 0.247. The van der Waals surface area contributed by atoms with E-state index in [4.69, 9.17) is 9.47 Å². The fourth-order valence-corrected chi connectivity index (χ4v) is 3.14. The Morgan fingerprint density at radius 3 is 2.31 bits per heavy atom. The van der Waals surface area contributed by atoms with Gasteiger partial charge in [-0.3, -0.25) is 0 Å². The van der Waals surface area contributed by atoms with Crippen molar-refractivity contribution in [3.63, 3.8) is 0 Å². The molecule has 0 spiro atoms. The van der Waals surface area contributed by atoms with Crippen LogP contribution in [0.5, 0.6) is 11.5 Å². The molecular weight excluding hydrogens is 362 g/mol. The van der Waals surface area contributed by atoms with E-state index in [-0.39, 0.29) is 6.61 Å². The van der Waals surface area contributed by atoms with Crippen LogP contribution in [0.1, 0.15) is 25.0 Å². The molecule has 0 aromatic heterocycles. The second-order valence-electron chi connectivity index (χ2n) is 8.34. The van der Waals surface area contributed by atoms with E-state index in [2.05, 4.69) is 35.2 Å². The van der Waals surface area contributed by atoms with Crippen molar-refractivity contribution in [1.29, 1.82) is 0 Å². The first-order valence-electron chi connectivity index (χ1n) is 10.0. The summed E-state index contributed by atoms with van der Waals surface area (Å²) >= 11 is 0. The molecule has 3 aromatic carbocycles. The number of fused-ring (bicyclic) bond motifs is 1. The van der Waals surface area contributed by atoms with Gasteiger partial charge in [-0.25, -0.2) is 0 Å². The Labute approximate surface area is 173 Å². The minimum atomic E-state index is -0.880. The van der Waals surface area contributed by atoms with Gasteiger partial charge in [-0.05, 0) is 62.5 Å². The second-order valence-corrected chi connectivity index (χ2v) is 8.34. The van der Waals surface area contributed by atoms with E-state index in [1.807, 2.05) is 44.4 Å². The zero-order chi connectivity index (χ0) is 20.9. The number of hydrogen-bond donors (Lipinski definition) is 1. The Morgan fingerprint density at radius 1 is 0.897 bits per heavy atom. The molecule has 0 amide bonds. The summed E-state index contributed by atoms with van der Waals surface area (Å²) in [6.07, 6.45) is 0.751. The molecule has 3 aromatic rings. The van der Waals surface area contributed by atoms with Crippen LogP contribution in [0.15, 0.2) is 60.7 Å². The van der Waals surface area contributed by atoms with Crippen molar-refractivity contribution in [3.05, 3.63) is 71.8 Å². The highest BCUT2D eigenvalue weighted by Gasteiger charge is 2.16. The average molecular weight is 394 g/mol. The van der Waals surface area contributed by atoms with Gasteiger partial charge in [0.05, 0.1) is 5.60 Å². The van der Waals surface area contributed by atoms with E-state index in [9.17, 15) is 5.11 Å². The Kier molecular flexibility index (Phi) is 6.78. The summed E-state index contributed by atoms with van der Waals surface area (Å²) in [4.78, 5) is 2.10. The van der Waals surface area contributed by atoms with Crippen LogP contribution in [0, 0.1) is 0 Å². The number of ether oxygens (including phenoxy) is 2. The number of hydrogen-bond acceptors (Lipinski definition) is 4. The van der Waals surface area contributed by atoms with Gasteiger partial charge < -0.3 is 19.5 Å². The molecule has 0 aliphatic rings. The summed E-state index contributed by atoms with van der Waals surface area (Å²) in [5.74, 6) is 1.70. The molecule has 0 saturated heterocycles. The van der Waals surface area contributed by atoms with E-state index in [1.54, 1.807) is 13.8 Å². The molecule has 0 fully saturated rings. The van der Waals surface area contributed by atoms with Crippen LogP contribution in [0.2, 0.25) is 0 Å². The molecule has 0 aliphatic carbocycles. The molecule has 0 saturated carbocycles. The molecule has 0 heterocycles. The van der Waals surface area contributed by atoms with E-state index < -0.39 is 5.60 Å². The number of benzene rings is 3. The predicted octanol–water partition coefficient (Wildman–Crippen LogP) is 4.52. The van der Waals surface area contributed by atoms with Crippen LogP contribution in [-0.2, 0) is 6.42 Å². The molecular formula is C25H31NO3. The van der Waals surface area contributed by atoms with E-state index in [0.717, 1.165) is 30.0 Å². The van der Waals surface area contributed by atoms with E-state index in [1.165, 1.54) is 16.3 Å². The van der Waals surface area contributed by atoms with Crippen LogP contribution < -0.4 is 9.47 Å². The van der Waals surface area contributed by atoms with Crippen LogP contribution in [0.25, 0.3) is 10.8 Å². The Hall–Kier alpha value is -2.56. The zero-order valence-electron chi connectivity index (χ0n) is 17.8. The van der Waals surface area contributed by atoms with Gasteiger partial charge in [0.15, 0.2) is 0 Å². The minimum Gasteiger partial charge on any atom is -0.492 e. The Balaban J connectivity index is 1.82. The molecule has 0 radical (unpaired) electrons. The highest BCUT2D eigenvalue weighted by atomic mass is 16.5. The topological polar surface area (TPSA) is 41.9 Å². The maximum absolute atomic E-state index is 10.1. The third-order valence-corrected chi connectivity index (χ3v) is 4.69. The van der Waals surface area contributed by atoms with Gasteiger partial charge in [0.1, 0.15) is 24.7 Å². The zero-order valence-corrected chi connectivity index (χ0v) is 17.8. The van der Waals surface area contributed by atoms with Gasteiger partial charge >= 0.3 is 0 Å². The predicted molar refractivity (Wildman–Crippen MR) is 119 cm³/mol. The monoisotopic (exact) mass is 393 g/mol. The van der Waals surface area contributed by atoms with Gasteiger partial charge in [0.2, 0.25) is 0 Å². The number of likely N-dealkylation sites (N-methyl/N-ethyl adjacent to an activating group) is 1. The van der Waals surface area contributed by atoms with Gasteiger partial charge in [0, 0.05) is 18.5 Å². The van der Waals surface area contributed by atoms with Crippen LogP contribution in [0.3, 0.4) is 0 Å². The molecule has 0 atom stereocenters. The quantitative estimate of drug-likeness (QED) is 0.580. The third kappa shape index (κ3) is 6.21. The summed E-state index contributed by atoms with van der Waals surface area (Å²) in [7, 11) is 4.07. The van der Waals surface area contributed by atoms with Crippen molar-refractivity contribution < 1.29 is 14.6 Å². The summed E-state index contributed by atoms with van der Waals surface area (Å²) < 4.78 is 11.8. The van der Waals surface area contributed by atoms with Gasteiger partial charge in [-0.1, -0.05) is 42.5 Å². The lowest BCUT2D eigenvalue weighted by Gasteiger charge is -2.20. The maximum Gasteiger partial charge on any atom is 0.123 e. The van der Waals surface area contributed by atoms with Gasteiger partial charge in [-0.2, -0.15) is 0 Å². The molecule has 4 nitrogen and oxygen atoms in total. The summed E-state index contributed by atoms with van der Waals surface area (Å²) in [6, 6.07) is 20.7. The average Bonchev–Trinajstić information content (AvgIpc) is 2.67.